The highest BCUT2D eigenvalue weighted by Crippen LogP contribution is 2.25. The Labute approximate surface area is 255 Å². The van der Waals surface area contributed by atoms with Crippen molar-refractivity contribution in [2.75, 3.05) is 17.1 Å². The van der Waals surface area contributed by atoms with Gasteiger partial charge >= 0.3 is 0 Å². The summed E-state index contributed by atoms with van der Waals surface area (Å²) < 4.78 is 53.2. The van der Waals surface area contributed by atoms with Crippen molar-refractivity contribution in [3.63, 3.8) is 0 Å². The van der Waals surface area contributed by atoms with Gasteiger partial charge in [-0.15, -0.1) is 0 Å². The van der Waals surface area contributed by atoms with E-state index in [1.165, 1.54) is 4.90 Å². The predicted octanol–water partition coefficient (Wildman–Crippen LogP) is 5.98. The maximum atomic E-state index is 13.9. The van der Waals surface area contributed by atoms with E-state index in [-0.39, 0.29) is 50.0 Å². The van der Waals surface area contributed by atoms with E-state index in [0.29, 0.717) is 15.6 Å². The largest absolute Gasteiger partial charge is 0.352 e. The molecule has 12 heteroatoms. The average molecular weight is 641 g/mol. The van der Waals surface area contributed by atoms with Crippen LogP contribution in [0.2, 0.25) is 10.0 Å². The van der Waals surface area contributed by atoms with Gasteiger partial charge in [-0.05, 0) is 55.7 Å². The molecule has 0 spiro atoms. The topological polar surface area (TPSA) is 86.8 Å². The molecule has 0 saturated carbocycles. The Hall–Kier alpha value is -3.21. The maximum Gasteiger partial charge on any atom is 0.243 e. The Bertz CT molecular complexity index is 1510. The van der Waals surface area contributed by atoms with Crippen molar-refractivity contribution in [2.24, 2.45) is 0 Å². The second kappa shape index (κ2) is 14.8. The van der Waals surface area contributed by atoms with Gasteiger partial charge in [0.15, 0.2) is 11.6 Å². The lowest BCUT2D eigenvalue weighted by atomic mass is 10.0. The van der Waals surface area contributed by atoms with E-state index in [1.807, 2.05) is 44.2 Å². The first-order valence-corrected chi connectivity index (χ1v) is 15.9. The third-order valence-corrected chi connectivity index (χ3v) is 8.32. The summed E-state index contributed by atoms with van der Waals surface area (Å²) in [6.45, 7) is 3.51. The highest BCUT2D eigenvalue weighted by atomic mass is 35.5. The molecule has 3 aromatic rings. The van der Waals surface area contributed by atoms with Gasteiger partial charge < -0.3 is 10.2 Å². The molecule has 1 N–H and O–H groups in total. The molecule has 42 heavy (non-hydrogen) atoms. The van der Waals surface area contributed by atoms with Crippen LogP contribution in [0.15, 0.2) is 66.7 Å². The first kappa shape index (κ1) is 33.3. The van der Waals surface area contributed by atoms with Crippen molar-refractivity contribution in [2.45, 2.75) is 51.7 Å². The van der Waals surface area contributed by atoms with Crippen molar-refractivity contribution < 1.29 is 26.8 Å². The predicted molar refractivity (Wildman–Crippen MR) is 162 cm³/mol. The summed E-state index contributed by atoms with van der Waals surface area (Å²) in [5.74, 6) is -3.05. The van der Waals surface area contributed by atoms with Crippen LogP contribution in [0.4, 0.5) is 14.5 Å². The number of nitrogens with one attached hydrogen (secondary N) is 1. The van der Waals surface area contributed by atoms with Gasteiger partial charge in [-0.3, -0.25) is 13.9 Å². The number of benzene rings is 3. The first-order chi connectivity index (χ1) is 19.8. The van der Waals surface area contributed by atoms with Gasteiger partial charge in [-0.25, -0.2) is 17.2 Å². The van der Waals surface area contributed by atoms with Gasteiger partial charge in [0.1, 0.15) is 6.04 Å². The summed E-state index contributed by atoms with van der Waals surface area (Å²) in [5, 5.41) is 3.53. The minimum atomic E-state index is -3.88. The average Bonchev–Trinajstić information content (AvgIpc) is 2.91. The molecule has 0 radical (unpaired) electrons. The molecule has 0 fully saturated rings. The molecule has 1 atom stereocenters. The quantitative estimate of drug-likeness (QED) is 0.249. The Morgan fingerprint density at radius 3 is 2.19 bits per heavy atom. The van der Waals surface area contributed by atoms with E-state index < -0.39 is 33.6 Å². The Kier molecular flexibility index (Phi) is 11.7. The van der Waals surface area contributed by atoms with Crippen molar-refractivity contribution in [3.05, 3.63) is 99.5 Å². The number of sulfonamides is 1. The number of rotatable bonds is 13. The van der Waals surface area contributed by atoms with E-state index in [2.05, 4.69) is 5.32 Å². The van der Waals surface area contributed by atoms with Crippen LogP contribution in [0.5, 0.6) is 0 Å². The first-order valence-electron chi connectivity index (χ1n) is 13.3. The molecule has 2 amide bonds. The fourth-order valence-electron chi connectivity index (χ4n) is 4.41. The third kappa shape index (κ3) is 9.40. The molecule has 3 rings (SSSR count). The lowest BCUT2D eigenvalue weighted by molar-refractivity contribution is -0.141. The number of hydrogen-bond donors (Lipinski definition) is 1. The molecular weight excluding hydrogens is 607 g/mol. The van der Waals surface area contributed by atoms with Crippen molar-refractivity contribution in [1.82, 2.24) is 10.2 Å². The molecule has 0 aliphatic carbocycles. The standard InChI is InChI=1S/C30H33Cl2F2N3O4S/c1-20(2)35-30(39)28(17-21-8-5-4-6-9-21)36(19-22-11-13-24(31)25(32)16-22)29(38)10-7-15-37(42(3,40)41)23-12-14-26(33)27(34)18-23/h4-6,8-9,11-14,16,18,20,28H,7,10,15,17,19H2,1-3H3,(H,35,39). The number of anilines is 1. The second-order valence-corrected chi connectivity index (χ2v) is 12.9. The van der Waals surface area contributed by atoms with Gasteiger partial charge in [0.05, 0.1) is 22.0 Å². The van der Waals surface area contributed by atoms with Gasteiger partial charge in [0, 0.05) is 38.0 Å². The van der Waals surface area contributed by atoms with E-state index in [4.69, 9.17) is 23.2 Å². The number of amides is 2. The van der Waals surface area contributed by atoms with E-state index in [1.54, 1.807) is 18.2 Å². The van der Waals surface area contributed by atoms with Crippen molar-refractivity contribution in [1.29, 1.82) is 0 Å². The van der Waals surface area contributed by atoms with Crippen LogP contribution in [0.1, 0.15) is 37.8 Å². The van der Waals surface area contributed by atoms with Crippen LogP contribution in [0.3, 0.4) is 0 Å². The Morgan fingerprint density at radius 1 is 0.905 bits per heavy atom. The normalized spacial score (nSPS) is 12.2. The third-order valence-electron chi connectivity index (χ3n) is 6.38. The van der Waals surface area contributed by atoms with E-state index in [0.717, 1.165) is 34.3 Å². The SMILES string of the molecule is CC(C)NC(=O)C(Cc1ccccc1)N(Cc1ccc(Cl)c(Cl)c1)C(=O)CCCN(c1ccc(F)c(F)c1)S(C)(=O)=O. The lowest BCUT2D eigenvalue weighted by Crippen LogP contribution is -2.51. The molecule has 7 nitrogen and oxygen atoms in total. The van der Waals surface area contributed by atoms with Gasteiger partial charge in [-0.1, -0.05) is 59.6 Å². The minimum absolute atomic E-state index is 0.0394. The zero-order valence-electron chi connectivity index (χ0n) is 23.5. The summed E-state index contributed by atoms with van der Waals surface area (Å²) >= 11 is 12.3. The summed E-state index contributed by atoms with van der Waals surface area (Å²) in [4.78, 5) is 28.7. The fourth-order valence-corrected chi connectivity index (χ4v) is 5.69. The molecule has 0 saturated heterocycles. The molecule has 0 aliphatic heterocycles. The zero-order valence-corrected chi connectivity index (χ0v) is 25.8. The van der Waals surface area contributed by atoms with Crippen molar-refractivity contribution >= 4 is 50.7 Å². The van der Waals surface area contributed by atoms with Crippen LogP contribution < -0.4 is 9.62 Å². The molecule has 0 aliphatic rings. The number of carbonyl (C=O) groups excluding carboxylic acids is 2. The van der Waals surface area contributed by atoms with Gasteiger partial charge in [0.2, 0.25) is 21.8 Å². The van der Waals surface area contributed by atoms with E-state index >= 15 is 0 Å². The maximum absolute atomic E-state index is 13.9. The molecule has 0 bridgehead atoms. The Morgan fingerprint density at radius 2 is 1.60 bits per heavy atom. The molecule has 0 heterocycles. The van der Waals surface area contributed by atoms with Crippen molar-refractivity contribution in [3.8, 4) is 0 Å². The highest BCUT2D eigenvalue weighted by Gasteiger charge is 2.31. The van der Waals surface area contributed by atoms with Crippen LogP contribution in [0.25, 0.3) is 0 Å². The Balaban J connectivity index is 1.91. The molecule has 226 valence electrons. The zero-order chi connectivity index (χ0) is 31.0. The summed E-state index contributed by atoms with van der Waals surface area (Å²) in [5.41, 5.74) is 1.43. The number of nitrogens with zero attached hydrogens (tertiary/aromatic N) is 2. The smallest absolute Gasteiger partial charge is 0.243 e. The van der Waals surface area contributed by atoms with Gasteiger partial charge in [0.25, 0.3) is 0 Å². The van der Waals surface area contributed by atoms with Crippen LogP contribution >= 0.6 is 23.2 Å². The fraction of sp³-hybridized carbons (Fsp3) is 0.333. The second-order valence-electron chi connectivity index (χ2n) is 10.2. The summed E-state index contributed by atoms with van der Waals surface area (Å²) in [6, 6.07) is 15.9. The summed E-state index contributed by atoms with van der Waals surface area (Å²) in [7, 11) is -3.88. The lowest BCUT2D eigenvalue weighted by Gasteiger charge is -2.32. The van der Waals surface area contributed by atoms with E-state index in [9.17, 15) is 26.8 Å². The molecule has 3 aromatic carbocycles. The molecular formula is C30H33Cl2F2N3O4S. The van der Waals surface area contributed by atoms with Crippen LogP contribution in [-0.2, 0) is 32.6 Å². The summed E-state index contributed by atoms with van der Waals surface area (Å²) in [6.07, 6.45) is 1.10. The monoisotopic (exact) mass is 639 g/mol. The number of hydrogen-bond acceptors (Lipinski definition) is 4. The minimum Gasteiger partial charge on any atom is -0.352 e. The van der Waals surface area contributed by atoms with Crippen LogP contribution in [-0.4, -0.2) is 50.0 Å². The number of carbonyl (C=O) groups is 2. The van der Waals surface area contributed by atoms with Gasteiger partial charge in [-0.2, -0.15) is 0 Å². The van der Waals surface area contributed by atoms with Crippen LogP contribution in [0, 0.1) is 11.6 Å². The molecule has 0 aromatic heterocycles. The highest BCUT2D eigenvalue weighted by molar-refractivity contribution is 7.92. The number of halogens is 4. The molecule has 1 unspecified atom stereocenters.